The maximum absolute atomic E-state index is 11.6. The number of hydrogen-bond donors (Lipinski definition) is 3. The average molecular weight is 259 g/mol. The van der Waals surface area contributed by atoms with Crippen LogP contribution < -0.4 is 10.6 Å². The number of hydrogen-bond acceptors (Lipinski definition) is 3. The van der Waals surface area contributed by atoms with E-state index in [0.29, 0.717) is 6.54 Å². The largest absolute Gasteiger partial charge is 0.480 e. The van der Waals surface area contributed by atoms with E-state index in [1.807, 2.05) is 6.92 Å². The molecule has 104 valence electrons. The Labute approximate surface area is 107 Å². The Balaban J connectivity index is 4.30. The van der Waals surface area contributed by atoms with Gasteiger partial charge in [-0.25, -0.2) is 9.59 Å². The second kappa shape index (κ2) is 7.52. The van der Waals surface area contributed by atoms with Gasteiger partial charge in [0, 0.05) is 13.6 Å². The van der Waals surface area contributed by atoms with Gasteiger partial charge in [0.2, 0.25) is 5.91 Å². The fraction of sp³-hybridized carbons (Fsp3) is 0.727. The highest BCUT2D eigenvalue weighted by Crippen LogP contribution is 1.97. The normalized spacial score (nSPS) is 13.3. The summed E-state index contributed by atoms with van der Waals surface area (Å²) in [4.78, 5) is 34.9. The quantitative estimate of drug-likeness (QED) is 0.626. The predicted octanol–water partition coefficient (Wildman–Crippen LogP) is 0.0156. The molecular weight excluding hydrogens is 238 g/mol. The molecule has 0 aromatic heterocycles. The van der Waals surface area contributed by atoms with Gasteiger partial charge in [0.05, 0.1) is 0 Å². The highest BCUT2D eigenvalue weighted by Gasteiger charge is 2.24. The summed E-state index contributed by atoms with van der Waals surface area (Å²) in [5.74, 6) is -1.39. The Kier molecular flexibility index (Phi) is 6.77. The van der Waals surface area contributed by atoms with E-state index in [0.717, 1.165) is 11.3 Å². The molecule has 0 aliphatic rings. The summed E-state index contributed by atoms with van der Waals surface area (Å²) in [7, 11) is 1.37. The Morgan fingerprint density at radius 1 is 1.28 bits per heavy atom. The summed E-state index contributed by atoms with van der Waals surface area (Å²) in [6, 6.07) is -2.24. The Bertz CT molecular complexity index is 319. The molecule has 0 heterocycles. The van der Waals surface area contributed by atoms with Gasteiger partial charge in [-0.05, 0) is 20.3 Å². The molecule has 0 aliphatic carbocycles. The molecule has 18 heavy (non-hydrogen) atoms. The lowest BCUT2D eigenvalue weighted by molar-refractivity contribution is -0.141. The first-order valence-electron chi connectivity index (χ1n) is 5.85. The van der Waals surface area contributed by atoms with Gasteiger partial charge < -0.3 is 20.6 Å². The van der Waals surface area contributed by atoms with Crippen LogP contribution in [0.1, 0.15) is 27.2 Å². The zero-order chi connectivity index (χ0) is 14.3. The maximum atomic E-state index is 11.6. The molecule has 7 heteroatoms. The summed E-state index contributed by atoms with van der Waals surface area (Å²) in [6.45, 7) is 5.40. The molecule has 0 fully saturated rings. The highest BCUT2D eigenvalue weighted by atomic mass is 16.4. The van der Waals surface area contributed by atoms with Crippen molar-refractivity contribution in [1.29, 1.82) is 0 Å². The van der Waals surface area contributed by atoms with Crippen LogP contribution in [-0.4, -0.2) is 53.6 Å². The highest BCUT2D eigenvalue weighted by molar-refractivity contribution is 5.88. The smallest absolute Gasteiger partial charge is 0.326 e. The number of likely N-dealkylation sites (N-methyl/N-ethyl adjacent to an activating group) is 1. The number of urea groups is 1. The van der Waals surface area contributed by atoms with E-state index < -0.39 is 24.1 Å². The van der Waals surface area contributed by atoms with Gasteiger partial charge in [-0.15, -0.1) is 0 Å². The lowest BCUT2D eigenvalue weighted by Crippen LogP contribution is -2.52. The molecule has 3 amide bonds. The first-order valence-corrected chi connectivity index (χ1v) is 5.85. The summed E-state index contributed by atoms with van der Waals surface area (Å²) < 4.78 is 0. The van der Waals surface area contributed by atoms with Crippen LogP contribution in [0.25, 0.3) is 0 Å². The molecule has 0 saturated carbocycles. The molecule has 3 N–H and O–H groups in total. The summed E-state index contributed by atoms with van der Waals surface area (Å²) >= 11 is 0. The number of nitrogens with one attached hydrogen (secondary N) is 2. The molecule has 2 atom stereocenters. The molecule has 0 aromatic rings. The van der Waals surface area contributed by atoms with Gasteiger partial charge in [0.15, 0.2) is 0 Å². The van der Waals surface area contributed by atoms with E-state index in [1.165, 1.54) is 14.0 Å². The number of nitrogens with zero attached hydrogens (tertiary/aromatic N) is 1. The van der Waals surface area contributed by atoms with Gasteiger partial charge in [-0.2, -0.15) is 0 Å². The third-order valence-corrected chi connectivity index (χ3v) is 2.54. The second-order valence-electron chi connectivity index (χ2n) is 4.09. The van der Waals surface area contributed by atoms with Crippen molar-refractivity contribution in [2.24, 2.45) is 0 Å². The molecule has 0 saturated heterocycles. The molecule has 0 spiro atoms. The molecule has 0 rings (SSSR count). The fourth-order valence-corrected chi connectivity index (χ4v) is 1.10. The number of aliphatic carboxylic acids is 1. The Morgan fingerprint density at radius 2 is 1.83 bits per heavy atom. The number of carbonyl (C=O) groups is 3. The van der Waals surface area contributed by atoms with Crippen LogP contribution in [0.4, 0.5) is 4.79 Å². The topological polar surface area (TPSA) is 98.7 Å². The Hall–Kier alpha value is -1.79. The molecule has 2 unspecified atom stereocenters. The van der Waals surface area contributed by atoms with Crippen LogP contribution in [0.5, 0.6) is 0 Å². The standard InChI is InChI=1S/C11H21N3O4/c1-5-6-12-9(15)7(2)13-11(18)14(4)8(3)10(16)17/h7-8H,5-6H2,1-4H3,(H,12,15)(H,13,18)(H,16,17). The van der Waals surface area contributed by atoms with E-state index in [-0.39, 0.29) is 5.91 Å². The number of carbonyl (C=O) groups excluding carboxylic acids is 2. The monoisotopic (exact) mass is 259 g/mol. The minimum absolute atomic E-state index is 0.290. The SMILES string of the molecule is CCCNC(=O)C(C)NC(=O)N(C)C(C)C(=O)O. The van der Waals surface area contributed by atoms with Crippen molar-refractivity contribution in [3.63, 3.8) is 0 Å². The lowest BCUT2D eigenvalue weighted by atomic mass is 10.3. The van der Waals surface area contributed by atoms with E-state index in [2.05, 4.69) is 10.6 Å². The van der Waals surface area contributed by atoms with Gasteiger partial charge in [-0.3, -0.25) is 4.79 Å². The minimum atomic E-state index is -1.10. The first-order chi connectivity index (χ1) is 8.31. The van der Waals surface area contributed by atoms with Crippen LogP contribution in [0.2, 0.25) is 0 Å². The van der Waals surface area contributed by atoms with E-state index >= 15 is 0 Å². The number of rotatable bonds is 6. The second-order valence-corrected chi connectivity index (χ2v) is 4.09. The van der Waals surface area contributed by atoms with E-state index in [9.17, 15) is 14.4 Å². The van der Waals surface area contributed by atoms with E-state index in [4.69, 9.17) is 5.11 Å². The van der Waals surface area contributed by atoms with Crippen LogP contribution >= 0.6 is 0 Å². The summed E-state index contributed by atoms with van der Waals surface area (Å²) in [5, 5.41) is 13.8. The zero-order valence-electron chi connectivity index (χ0n) is 11.2. The van der Waals surface area contributed by atoms with Gasteiger partial charge in [0.25, 0.3) is 0 Å². The molecule has 0 radical (unpaired) electrons. The van der Waals surface area contributed by atoms with Crippen molar-refractivity contribution >= 4 is 17.9 Å². The molecule has 0 aliphatic heterocycles. The average Bonchev–Trinajstić information content (AvgIpc) is 2.33. The van der Waals surface area contributed by atoms with Crippen molar-refractivity contribution in [2.75, 3.05) is 13.6 Å². The van der Waals surface area contributed by atoms with Crippen molar-refractivity contribution in [3.8, 4) is 0 Å². The number of carboxylic acids is 1. The maximum Gasteiger partial charge on any atom is 0.326 e. The van der Waals surface area contributed by atoms with Crippen molar-refractivity contribution in [2.45, 2.75) is 39.3 Å². The summed E-state index contributed by atoms with van der Waals surface area (Å²) in [5.41, 5.74) is 0. The number of amides is 3. The minimum Gasteiger partial charge on any atom is -0.480 e. The van der Waals surface area contributed by atoms with Crippen molar-refractivity contribution in [3.05, 3.63) is 0 Å². The number of carboxylic acid groups (broad SMARTS) is 1. The third kappa shape index (κ3) is 5.03. The molecule has 7 nitrogen and oxygen atoms in total. The third-order valence-electron chi connectivity index (χ3n) is 2.54. The van der Waals surface area contributed by atoms with Gasteiger partial charge >= 0.3 is 12.0 Å². The predicted molar refractivity (Wildman–Crippen MR) is 66.2 cm³/mol. The summed E-state index contributed by atoms with van der Waals surface area (Å²) in [6.07, 6.45) is 0.808. The van der Waals surface area contributed by atoms with E-state index in [1.54, 1.807) is 6.92 Å². The van der Waals surface area contributed by atoms with Gasteiger partial charge in [-0.1, -0.05) is 6.92 Å². The molecule has 0 bridgehead atoms. The van der Waals surface area contributed by atoms with Crippen LogP contribution in [0, 0.1) is 0 Å². The zero-order valence-corrected chi connectivity index (χ0v) is 11.2. The van der Waals surface area contributed by atoms with Crippen molar-refractivity contribution in [1.82, 2.24) is 15.5 Å². The van der Waals surface area contributed by atoms with Crippen LogP contribution in [-0.2, 0) is 9.59 Å². The van der Waals surface area contributed by atoms with Crippen molar-refractivity contribution < 1.29 is 19.5 Å². The Morgan fingerprint density at radius 3 is 2.28 bits per heavy atom. The molecular formula is C11H21N3O4. The molecule has 0 aromatic carbocycles. The van der Waals surface area contributed by atoms with Crippen LogP contribution in [0.3, 0.4) is 0 Å². The van der Waals surface area contributed by atoms with Crippen LogP contribution in [0.15, 0.2) is 0 Å². The van der Waals surface area contributed by atoms with Gasteiger partial charge in [0.1, 0.15) is 12.1 Å². The first kappa shape index (κ1) is 16.2. The fourth-order valence-electron chi connectivity index (χ4n) is 1.10. The lowest BCUT2D eigenvalue weighted by Gasteiger charge is -2.24.